The first-order valence-electron chi connectivity index (χ1n) is 8.77. The zero-order valence-electron chi connectivity index (χ0n) is 15.4. The van der Waals surface area contributed by atoms with E-state index in [1.54, 1.807) is 18.0 Å². The Kier molecular flexibility index (Phi) is 5.99. The average Bonchev–Trinajstić information content (AvgIpc) is 2.70. The second-order valence-corrected chi connectivity index (χ2v) is 6.02. The van der Waals surface area contributed by atoms with Gasteiger partial charge in [0.15, 0.2) is 0 Å². The highest BCUT2D eigenvalue weighted by Crippen LogP contribution is 2.19. The Morgan fingerprint density at radius 1 is 1.07 bits per heavy atom. The van der Waals surface area contributed by atoms with Crippen LogP contribution < -0.4 is 10.1 Å². The Morgan fingerprint density at radius 3 is 2.52 bits per heavy atom. The van der Waals surface area contributed by atoms with Gasteiger partial charge in [0.05, 0.1) is 6.61 Å². The van der Waals surface area contributed by atoms with Gasteiger partial charge in [-0.05, 0) is 36.8 Å². The molecule has 0 atom stereocenters. The fraction of sp³-hybridized carbons (Fsp3) is 0.190. The van der Waals surface area contributed by atoms with Gasteiger partial charge in [0.25, 0.3) is 5.91 Å². The molecule has 0 saturated carbocycles. The molecule has 0 aliphatic heterocycles. The van der Waals surface area contributed by atoms with Gasteiger partial charge in [-0.25, -0.2) is 9.97 Å². The van der Waals surface area contributed by atoms with Gasteiger partial charge in [0.2, 0.25) is 0 Å². The zero-order chi connectivity index (χ0) is 19.1. The lowest BCUT2D eigenvalue weighted by Gasteiger charge is -2.17. The SMILES string of the molecule is CCOc1ccc(Nc2cc(C(=O)N(C)Cc3ccccc3)ncn2)cc1. The van der Waals surface area contributed by atoms with Crippen molar-refractivity contribution in [1.29, 1.82) is 0 Å². The van der Waals surface area contributed by atoms with E-state index in [-0.39, 0.29) is 5.91 Å². The van der Waals surface area contributed by atoms with Crippen molar-refractivity contribution in [2.24, 2.45) is 0 Å². The van der Waals surface area contributed by atoms with E-state index < -0.39 is 0 Å². The molecule has 2 aromatic carbocycles. The number of nitrogens with one attached hydrogen (secondary N) is 1. The molecule has 1 N–H and O–H groups in total. The lowest BCUT2D eigenvalue weighted by molar-refractivity contribution is 0.0779. The number of amides is 1. The molecule has 27 heavy (non-hydrogen) atoms. The number of nitrogens with zero attached hydrogens (tertiary/aromatic N) is 3. The van der Waals surface area contributed by atoms with Crippen LogP contribution in [-0.4, -0.2) is 34.4 Å². The normalized spacial score (nSPS) is 10.3. The van der Waals surface area contributed by atoms with E-state index in [2.05, 4.69) is 15.3 Å². The summed E-state index contributed by atoms with van der Waals surface area (Å²) in [5, 5.41) is 3.18. The predicted molar refractivity (Wildman–Crippen MR) is 105 cm³/mol. The van der Waals surface area contributed by atoms with Crippen LogP contribution in [0.25, 0.3) is 0 Å². The molecule has 0 spiro atoms. The Balaban J connectivity index is 1.68. The fourth-order valence-electron chi connectivity index (χ4n) is 2.62. The number of anilines is 2. The first kappa shape index (κ1) is 18.4. The standard InChI is InChI=1S/C21H22N4O2/c1-3-27-18-11-9-17(10-12-18)24-20-13-19(22-15-23-20)21(26)25(2)14-16-7-5-4-6-8-16/h4-13,15H,3,14H2,1-2H3,(H,22,23,24). The smallest absolute Gasteiger partial charge is 0.272 e. The van der Waals surface area contributed by atoms with Crippen molar-refractivity contribution in [3.8, 4) is 5.75 Å². The molecule has 1 aromatic heterocycles. The van der Waals surface area contributed by atoms with Crippen molar-refractivity contribution in [2.75, 3.05) is 19.0 Å². The molecule has 0 unspecified atom stereocenters. The minimum atomic E-state index is -0.156. The first-order chi connectivity index (χ1) is 13.2. The molecule has 3 aromatic rings. The number of carbonyl (C=O) groups excluding carboxylic acids is 1. The second kappa shape index (κ2) is 8.80. The quantitative estimate of drug-likeness (QED) is 0.691. The van der Waals surface area contributed by atoms with Gasteiger partial charge in [-0.2, -0.15) is 0 Å². The molecule has 138 valence electrons. The van der Waals surface area contributed by atoms with Crippen LogP contribution in [0.15, 0.2) is 67.0 Å². The van der Waals surface area contributed by atoms with Crippen LogP contribution in [0, 0.1) is 0 Å². The van der Waals surface area contributed by atoms with Crippen molar-refractivity contribution >= 4 is 17.4 Å². The highest BCUT2D eigenvalue weighted by molar-refractivity contribution is 5.92. The van der Waals surface area contributed by atoms with Crippen LogP contribution in [0.3, 0.4) is 0 Å². The number of ether oxygens (including phenoxy) is 1. The summed E-state index contributed by atoms with van der Waals surface area (Å²) >= 11 is 0. The van der Waals surface area contributed by atoms with Gasteiger partial charge < -0.3 is 15.0 Å². The molecule has 0 bridgehead atoms. The maximum Gasteiger partial charge on any atom is 0.272 e. The van der Waals surface area contributed by atoms with Crippen molar-refractivity contribution in [3.05, 3.63) is 78.2 Å². The van der Waals surface area contributed by atoms with E-state index in [0.717, 1.165) is 17.0 Å². The van der Waals surface area contributed by atoms with Crippen LogP contribution in [0.1, 0.15) is 23.0 Å². The van der Waals surface area contributed by atoms with Crippen molar-refractivity contribution in [2.45, 2.75) is 13.5 Å². The van der Waals surface area contributed by atoms with Gasteiger partial charge in [-0.15, -0.1) is 0 Å². The first-order valence-corrected chi connectivity index (χ1v) is 8.77. The molecular weight excluding hydrogens is 340 g/mol. The summed E-state index contributed by atoms with van der Waals surface area (Å²) in [6.45, 7) is 3.09. The summed E-state index contributed by atoms with van der Waals surface area (Å²) in [6, 6.07) is 19.1. The molecule has 0 aliphatic carbocycles. The van der Waals surface area contributed by atoms with Gasteiger partial charge in [0, 0.05) is 25.3 Å². The maximum absolute atomic E-state index is 12.7. The second-order valence-electron chi connectivity index (χ2n) is 6.02. The molecule has 6 nitrogen and oxygen atoms in total. The minimum absolute atomic E-state index is 0.156. The van der Waals surface area contributed by atoms with E-state index >= 15 is 0 Å². The highest BCUT2D eigenvalue weighted by Gasteiger charge is 2.14. The third-order valence-electron chi connectivity index (χ3n) is 3.93. The fourth-order valence-corrected chi connectivity index (χ4v) is 2.62. The summed E-state index contributed by atoms with van der Waals surface area (Å²) < 4.78 is 5.43. The average molecular weight is 362 g/mol. The summed E-state index contributed by atoms with van der Waals surface area (Å²) in [6.07, 6.45) is 1.39. The zero-order valence-corrected chi connectivity index (χ0v) is 15.4. The lowest BCUT2D eigenvalue weighted by Crippen LogP contribution is -2.27. The molecular formula is C21H22N4O2. The van der Waals surface area contributed by atoms with Crippen LogP contribution in [0.2, 0.25) is 0 Å². The summed E-state index contributed by atoms with van der Waals surface area (Å²) in [5.41, 5.74) is 2.26. The number of aromatic nitrogens is 2. The van der Waals surface area contributed by atoms with Crippen molar-refractivity contribution in [3.63, 3.8) is 0 Å². The minimum Gasteiger partial charge on any atom is -0.494 e. The number of benzene rings is 2. The highest BCUT2D eigenvalue weighted by atomic mass is 16.5. The van der Waals surface area contributed by atoms with E-state index in [1.807, 2.05) is 61.5 Å². The van der Waals surface area contributed by atoms with E-state index in [9.17, 15) is 4.79 Å². The molecule has 0 fully saturated rings. The maximum atomic E-state index is 12.7. The van der Waals surface area contributed by atoms with Crippen LogP contribution in [-0.2, 0) is 6.54 Å². The van der Waals surface area contributed by atoms with E-state index in [0.29, 0.717) is 24.7 Å². The molecule has 1 amide bonds. The Bertz CT molecular complexity index is 882. The number of hydrogen-bond donors (Lipinski definition) is 1. The summed E-state index contributed by atoms with van der Waals surface area (Å²) in [5.74, 6) is 1.21. The molecule has 1 heterocycles. The number of rotatable bonds is 7. The van der Waals surface area contributed by atoms with Crippen molar-refractivity contribution < 1.29 is 9.53 Å². The van der Waals surface area contributed by atoms with Gasteiger partial charge in [-0.3, -0.25) is 4.79 Å². The molecule has 0 saturated heterocycles. The topological polar surface area (TPSA) is 67.3 Å². The summed E-state index contributed by atoms with van der Waals surface area (Å²) in [7, 11) is 1.76. The van der Waals surface area contributed by atoms with Crippen molar-refractivity contribution in [1.82, 2.24) is 14.9 Å². The Labute approximate surface area is 158 Å². The van der Waals surface area contributed by atoms with Crippen LogP contribution >= 0.6 is 0 Å². The van der Waals surface area contributed by atoms with Crippen LogP contribution in [0.5, 0.6) is 5.75 Å². The third-order valence-corrected chi connectivity index (χ3v) is 3.93. The van der Waals surface area contributed by atoms with Gasteiger partial charge in [0.1, 0.15) is 23.6 Å². The Hall–Kier alpha value is -3.41. The third kappa shape index (κ3) is 5.04. The van der Waals surface area contributed by atoms with E-state index in [1.165, 1.54) is 6.33 Å². The molecule has 3 rings (SSSR count). The predicted octanol–water partition coefficient (Wildman–Crippen LogP) is 3.89. The molecule has 0 radical (unpaired) electrons. The van der Waals surface area contributed by atoms with Gasteiger partial charge >= 0.3 is 0 Å². The van der Waals surface area contributed by atoms with E-state index in [4.69, 9.17) is 4.74 Å². The lowest BCUT2D eigenvalue weighted by atomic mass is 10.2. The molecule has 0 aliphatic rings. The summed E-state index contributed by atoms with van der Waals surface area (Å²) in [4.78, 5) is 22.6. The molecule has 6 heteroatoms. The number of carbonyl (C=O) groups is 1. The Morgan fingerprint density at radius 2 is 1.81 bits per heavy atom. The van der Waals surface area contributed by atoms with Crippen LogP contribution in [0.4, 0.5) is 11.5 Å². The number of hydrogen-bond acceptors (Lipinski definition) is 5. The monoisotopic (exact) mass is 362 g/mol. The largest absolute Gasteiger partial charge is 0.494 e. The van der Waals surface area contributed by atoms with Gasteiger partial charge in [-0.1, -0.05) is 30.3 Å².